The maximum Gasteiger partial charge on any atom is 0.0111 e. The molecule has 76 valence electrons. The quantitative estimate of drug-likeness (QED) is 0.716. The van der Waals surface area contributed by atoms with Gasteiger partial charge in [0.1, 0.15) is 0 Å². The Labute approximate surface area is 86.5 Å². The smallest absolute Gasteiger partial charge is 0.0111 e. The Bertz CT molecular complexity index is 319. The Kier molecular flexibility index (Phi) is 2.60. The Balaban J connectivity index is 2.27. The summed E-state index contributed by atoms with van der Waals surface area (Å²) < 4.78 is 0. The SMILES string of the molecule is Cc1ccccc1C1CC(C)NC1C. The van der Waals surface area contributed by atoms with Gasteiger partial charge >= 0.3 is 0 Å². The van der Waals surface area contributed by atoms with E-state index in [0.717, 1.165) is 0 Å². The van der Waals surface area contributed by atoms with E-state index in [1.807, 2.05) is 0 Å². The lowest BCUT2D eigenvalue weighted by atomic mass is 9.89. The van der Waals surface area contributed by atoms with Crippen molar-refractivity contribution < 1.29 is 0 Å². The van der Waals surface area contributed by atoms with Gasteiger partial charge < -0.3 is 5.32 Å². The van der Waals surface area contributed by atoms with Crippen molar-refractivity contribution in [1.29, 1.82) is 0 Å². The van der Waals surface area contributed by atoms with E-state index in [-0.39, 0.29) is 0 Å². The fraction of sp³-hybridized carbons (Fsp3) is 0.538. The molecule has 0 radical (unpaired) electrons. The Morgan fingerprint density at radius 2 is 1.93 bits per heavy atom. The van der Waals surface area contributed by atoms with E-state index in [1.165, 1.54) is 17.5 Å². The van der Waals surface area contributed by atoms with E-state index < -0.39 is 0 Å². The summed E-state index contributed by atoms with van der Waals surface area (Å²) in [5.74, 6) is 0.700. The van der Waals surface area contributed by atoms with Crippen LogP contribution in [0.5, 0.6) is 0 Å². The second kappa shape index (κ2) is 3.74. The van der Waals surface area contributed by atoms with Crippen LogP contribution in [0.25, 0.3) is 0 Å². The van der Waals surface area contributed by atoms with E-state index in [4.69, 9.17) is 0 Å². The Morgan fingerprint density at radius 1 is 1.21 bits per heavy atom. The number of aryl methyl sites for hydroxylation is 1. The van der Waals surface area contributed by atoms with Crippen LogP contribution in [-0.2, 0) is 0 Å². The predicted octanol–water partition coefficient (Wildman–Crippen LogP) is 2.85. The molecule has 0 aromatic heterocycles. The molecule has 1 fully saturated rings. The summed E-state index contributed by atoms with van der Waals surface area (Å²) >= 11 is 0. The van der Waals surface area contributed by atoms with Crippen LogP contribution in [0.2, 0.25) is 0 Å². The van der Waals surface area contributed by atoms with Crippen LogP contribution < -0.4 is 5.32 Å². The lowest BCUT2D eigenvalue weighted by Crippen LogP contribution is -2.26. The molecule has 0 spiro atoms. The monoisotopic (exact) mass is 189 g/mol. The van der Waals surface area contributed by atoms with Crippen molar-refractivity contribution in [2.45, 2.75) is 45.2 Å². The first kappa shape index (κ1) is 9.72. The summed E-state index contributed by atoms with van der Waals surface area (Å²) in [6.07, 6.45) is 1.27. The summed E-state index contributed by atoms with van der Waals surface area (Å²) in [6, 6.07) is 10.0. The highest BCUT2D eigenvalue weighted by Gasteiger charge is 2.29. The van der Waals surface area contributed by atoms with Gasteiger partial charge in [0, 0.05) is 18.0 Å². The van der Waals surface area contributed by atoms with Crippen LogP contribution in [-0.4, -0.2) is 12.1 Å². The number of nitrogens with one attached hydrogen (secondary N) is 1. The highest BCUT2D eigenvalue weighted by Crippen LogP contribution is 2.32. The molecule has 0 amide bonds. The molecule has 1 saturated heterocycles. The summed E-state index contributed by atoms with van der Waals surface area (Å²) in [5.41, 5.74) is 2.96. The van der Waals surface area contributed by atoms with Crippen molar-refractivity contribution in [3.05, 3.63) is 35.4 Å². The molecule has 1 heterocycles. The zero-order chi connectivity index (χ0) is 10.1. The van der Waals surface area contributed by atoms with Crippen LogP contribution in [0.3, 0.4) is 0 Å². The number of hydrogen-bond donors (Lipinski definition) is 1. The topological polar surface area (TPSA) is 12.0 Å². The van der Waals surface area contributed by atoms with E-state index in [1.54, 1.807) is 0 Å². The predicted molar refractivity (Wildman–Crippen MR) is 60.6 cm³/mol. The van der Waals surface area contributed by atoms with Crippen molar-refractivity contribution in [2.24, 2.45) is 0 Å². The molecule has 1 nitrogen and oxygen atoms in total. The lowest BCUT2D eigenvalue weighted by Gasteiger charge is -2.17. The van der Waals surface area contributed by atoms with Gasteiger partial charge in [0.25, 0.3) is 0 Å². The van der Waals surface area contributed by atoms with Gasteiger partial charge in [0.2, 0.25) is 0 Å². The molecule has 1 aromatic rings. The molecule has 0 bridgehead atoms. The average molecular weight is 189 g/mol. The standard InChI is InChI=1S/C13H19N/c1-9-6-4-5-7-12(9)13-8-10(2)14-11(13)3/h4-7,10-11,13-14H,8H2,1-3H3. The molecule has 2 rings (SSSR count). The first-order valence-electron chi connectivity index (χ1n) is 5.50. The van der Waals surface area contributed by atoms with E-state index in [9.17, 15) is 0 Å². The highest BCUT2D eigenvalue weighted by atomic mass is 15.0. The molecular formula is C13H19N. The van der Waals surface area contributed by atoms with Gasteiger partial charge in [0.15, 0.2) is 0 Å². The molecule has 1 N–H and O–H groups in total. The zero-order valence-electron chi connectivity index (χ0n) is 9.25. The molecule has 1 aromatic carbocycles. The van der Waals surface area contributed by atoms with Gasteiger partial charge in [-0.15, -0.1) is 0 Å². The van der Waals surface area contributed by atoms with Gasteiger partial charge in [-0.1, -0.05) is 24.3 Å². The number of rotatable bonds is 1. The van der Waals surface area contributed by atoms with Crippen LogP contribution in [0.1, 0.15) is 37.3 Å². The third-order valence-corrected chi connectivity index (χ3v) is 3.35. The van der Waals surface area contributed by atoms with Gasteiger partial charge in [0.05, 0.1) is 0 Å². The van der Waals surface area contributed by atoms with Crippen molar-refractivity contribution in [3.8, 4) is 0 Å². The van der Waals surface area contributed by atoms with Crippen molar-refractivity contribution in [3.63, 3.8) is 0 Å². The van der Waals surface area contributed by atoms with Gasteiger partial charge in [-0.25, -0.2) is 0 Å². The fourth-order valence-electron chi connectivity index (χ4n) is 2.62. The summed E-state index contributed by atoms with van der Waals surface area (Å²) in [5, 5.41) is 3.59. The van der Waals surface area contributed by atoms with Gasteiger partial charge in [-0.3, -0.25) is 0 Å². The van der Waals surface area contributed by atoms with Crippen LogP contribution >= 0.6 is 0 Å². The first-order valence-corrected chi connectivity index (χ1v) is 5.50. The normalized spacial score (nSPS) is 32.1. The van der Waals surface area contributed by atoms with Gasteiger partial charge in [-0.05, 0) is 38.3 Å². The van der Waals surface area contributed by atoms with Crippen LogP contribution in [0.15, 0.2) is 24.3 Å². The minimum atomic E-state index is 0.617. The lowest BCUT2D eigenvalue weighted by molar-refractivity contribution is 0.573. The van der Waals surface area contributed by atoms with Gasteiger partial charge in [-0.2, -0.15) is 0 Å². The molecular weight excluding hydrogens is 170 g/mol. The van der Waals surface area contributed by atoms with E-state index in [0.29, 0.717) is 18.0 Å². The van der Waals surface area contributed by atoms with E-state index >= 15 is 0 Å². The molecule has 3 atom stereocenters. The summed E-state index contributed by atoms with van der Waals surface area (Å²) in [6.45, 7) is 6.78. The van der Waals surface area contributed by atoms with Crippen molar-refractivity contribution >= 4 is 0 Å². The largest absolute Gasteiger partial charge is 0.311 e. The van der Waals surface area contributed by atoms with Crippen molar-refractivity contribution in [1.82, 2.24) is 5.32 Å². The number of hydrogen-bond acceptors (Lipinski definition) is 1. The van der Waals surface area contributed by atoms with Crippen LogP contribution in [0, 0.1) is 6.92 Å². The molecule has 1 heteroatoms. The molecule has 1 aliphatic heterocycles. The average Bonchev–Trinajstić information content (AvgIpc) is 2.46. The maximum atomic E-state index is 3.59. The number of benzene rings is 1. The third kappa shape index (κ3) is 1.69. The fourth-order valence-corrected chi connectivity index (χ4v) is 2.62. The molecule has 3 unspecified atom stereocenters. The molecule has 0 aliphatic carbocycles. The molecule has 14 heavy (non-hydrogen) atoms. The second-order valence-corrected chi connectivity index (χ2v) is 4.56. The molecule has 0 saturated carbocycles. The summed E-state index contributed by atoms with van der Waals surface area (Å²) in [4.78, 5) is 0. The van der Waals surface area contributed by atoms with Crippen molar-refractivity contribution in [2.75, 3.05) is 0 Å². The molecule has 1 aliphatic rings. The maximum absolute atomic E-state index is 3.59. The Morgan fingerprint density at radius 3 is 2.50 bits per heavy atom. The van der Waals surface area contributed by atoms with E-state index in [2.05, 4.69) is 50.4 Å². The first-order chi connectivity index (χ1) is 6.68. The second-order valence-electron chi connectivity index (χ2n) is 4.56. The minimum absolute atomic E-state index is 0.617. The zero-order valence-corrected chi connectivity index (χ0v) is 9.25. The highest BCUT2D eigenvalue weighted by molar-refractivity contribution is 5.31. The van der Waals surface area contributed by atoms with Crippen LogP contribution in [0.4, 0.5) is 0 Å². The minimum Gasteiger partial charge on any atom is -0.311 e. The third-order valence-electron chi connectivity index (χ3n) is 3.35. The summed E-state index contributed by atoms with van der Waals surface area (Å²) in [7, 11) is 0. The Hall–Kier alpha value is -0.820.